The summed E-state index contributed by atoms with van der Waals surface area (Å²) in [6, 6.07) is 4.70. The molecular formula is C12H14N4O3S2. The van der Waals surface area contributed by atoms with Gasteiger partial charge in [0, 0.05) is 5.69 Å². The number of benzene rings is 1. The van der Waals surface area contributed by atoms with Gasteiger partial charge in [-0.3, -0.25) is 4.79 Å². The fourth-order valence-electron chi connectivity index (χ4n) is 1.70. The first kappa shape index (κ1) is 15.5. The van der Waals surface area contributed by atoms with Gasteiger partial charge < -0.3 is 5.32 Å². The van der Waals surface area contributed by atoms with Gasteiger partial charge in [0.15, 0.2) is 0 Å². The summed E-state index contributed by atoms with van der Waals surface area (Å²) in [7, 11) is -2.23. The molecule has 0 aliphatic carbocycles. The molecule has 7 nitrogen and oxygen atoms in total. The number of sulfonamides is 1. The SMILES string of the molecule is CNS(=O)(=O)c1cc(NC(=O)c2snnc2C)ccc1C. The molecule has 9 heteroatoms. The first-order chi connectivity index (χ1) is 9.85. The lowest BCUT2D eigenvalue weighted by molar-refractivity contribution is 0.102. The van der Waals surface area contributed by atoms with Crippen molar-refractivity contribution in [2.45, 2.75) is 18.7 Å². The molecule has 0 radical (unpaired) electrons. The number of nitrogens with zero attached hydrogens (tertiary/aromatic N) is 2. The van der Waals surface area contributed by atoms with Crippen LogP contribution in [0.25, 0.3) is 0 Å². The van der Waals surface area contributed by atoms with Gasteiger partial charge in [-0.1, -0.05) is 10.6 Å². The highest BCUT2D eigenvalue weighted by atomic mass is 32.2. The second kappa shape index (κ2) is 5.88. The van der Waals surface area contributed by atoms with Gasteiger partial charge >= 0.3 is 0 Å². The van der Waals surface area contributed by atoms with E-state index in [1.807, 2.05) is 0 Å². The molecule has 1 aromatic heterocycles. The molecule has 21 heavy (non-hydrogen) atoms. The van der Waals surface area contributed by atoms with Crippen molar-refractivity contribution in [2.24, 2.45) is 0 Å². The summed E-state index contributed by atoms with van der Waals surface area (Å²) in [4.78, 5) is 12.6. The molecule has 1 aromatic carbocycles. The van der Waals surface area contributed by atoms with Gasteiger partial charge in [0.2, 0.25) is 10.0 Å². The van der Waals surface area contributed by atoms with Crippen LogP contribution in [0.3, 0.4) is 0 Å². The van der Waals surface area contributed by atoms with E-state index >= 15 is 0 Å². The highest BCUT2D eigenvalue weighted by Crippen LogP contribution is 2.21. The maximum absolute atomic E-state index is 12.1. The van der Waals surface area contributed by atoms with E-state index in [4.69, 9.17) is 0 Å². The number of aromatic nitrogens is 2. The molecule has 1 amide bonds. The summed E-state index contributed by atoms with van der Waals surface area (Å²) >= 11 is 0.991. The molecule has 0 aliphatic heterocycles. The van der Waals surface area contributed by atoms with Crippen molar-refractivity contribution in [3.8, 4) is 0 Å². The van der Waals surface area contributed by atoms with Crippen LogP contribution in [-0.2, 0) is 10.0 Å². The largest absolute Gasteiger partial charge is 0.321 e. The molecule has 0 spiro atoms. The third kappa shape index (κ3) is 3.26. The number of nitrogens with one attached hydrogen (secondary N) is 2. The minimum Gasteiger partial charge on any atom is -0.321 e. The number of amides is 1. The average Bonchev–Trinajstić information content (AvgIpc) is 2.87. The van der Waals surface area contributed by atoms with Crippen LogP contribution in [0.2, 0.25) is 0 Å². The number of aryl methyl sites for hydroxylation is 2. The zero-order valence-corrected chi connectivity index (χ0v) is 13.3. The smallest absolute Gasteiger partial charge is 0.269 e. The lowest BCUT2D eigenvalue weighted by atomic mass is 10.2. The molecule has 112 valence electrons. The van der Waals surface area contributed by atoms with E-state index in [0.29, 0.717) is 21.8 Å². The molecular weight excluding hydrogens is 312 g/mol. The Bertz CT molecular complexity index is 784. The van der Waals surface area contributed by atoms with Gasteiger partial charge in [0.1, 0.15) is 4.88 Å². The molecule has 0 atom stereocenters. The Hall–Kier alpha value is -1.84. The summed E-state index contributed by atoms with van der Waals surface area (Å²) in [5.74, 6) is -0.362. The maximum atomic E-state index is 12.1. The number of anilines is 1. The fourth-order valence-corrected chi connectivity index (χ4v) is 3.25. The Morgan fingerprint density at radius 3 is 2.57 bits per heavy atom. The summed E-state index contributed by atoms with van der Waals surface area (Å²) < 4.78 is 29.8. The predicted molar refractivity (Wildman–Crippen MR) is 80.0 cm³/mol. The topological polar surface area (TPSA) is 101 Å². The van der Waals surface area contributed by atoms with Crippen molar-refractivity contribution in [3.63, 3.8) is 0 Å². The van der Waals surface area contributed by atoms with Crippen LogP contribution >= 0.6 is 11.5 Å². The van der Waals surface area contributed by atoms with Crippen LogP contribution in [0.1, 0.15) is 20.9 Å². The molecule has 0 saturated carbocycles. The number of hydrogen-bond acceptors (Lipinski definition) is 6. The quantitative estimate of drug-likeness (QED) is 0.882. The Balaban J connectivity index is 2.33. The first-order valence-electron chi connectivity index (χ1n) is 5.99. The maximum Gasteiger partial charge on any atom is 0.269 e. The number of hydrogen-bond donors (Lipinski definition) is 2. The average molecular weight is 326 g/mol. The first-order valence-corrected chi connectivity index (χ1v) is 8.25. The molecule has 0 saturated heterocycles. The zero-order chi connectivity index (χ0) is 15.6. The van der Waals surface area contributed by atoms with E-state index < -0.39 is 10.0 Å². The Labute approximate surface area is 126 Å². The predicted octanol–water partition coefficient (Wildman–Crippen LogP) is 1.32. The van der Waals surface area contributed by atoms with Crippen LogP contribution in [-0.4, -0.2) is 31.0 Å². The van der Waals surface area contributed by atoms with Crippen LogP contribution in [0, 0.1) is 13.8 Å². The Kier molecular flexibility index (Phi) is 4.35. The van der Waals surface area contributed by atoms with Gasteiger partial charge in [-0.2, -0.15) is 0 Å². The molecule has 0 aliphatic rings. The van der Waals surface area contributed by atoms with Crippen LogP contribution in [0.15, 0.2) is 23.1 Å². The van der Waals surface area contributed by atoms with Gasteiger partial charge in [0.25, 0.3) is 5.91 Å². The van der Waals surface area contributed by atoms with E-state index in [-0.39, 0.29) is 10.8 Å². The van der Waals surface area contributed by atoms with E-state index in [1.165, 1.54) is 13.1 Å². The summed E-state index contributed by atoms with van der Waals surface area (Å²) in [6.07, 6.45) is 0. The van der Waals surface area contributed by atoms with Crippen molar-refractivity contribution >= 4 is 33.2 Å². The molecule has 0 unspecified atom stereocenters. The lowest BCUT2D eigenvalue weighted by Gasteiger charge is -2.10. The lowest BCUT2D eigenvalue weighted by Crippen LogP contribution is -2.20. The van der Waals surface area contributed by atoms with Crippen molar-refractivity contribution in [3.05, 3.63) is 34.3 Å². The highest BCUT2D eigenvalue weighted by molar-refractivity contribution is 7.89. The molecule has 1 heterocycles. The number of carbonyl (C=O) groups excluding carboxylic acids is 1. The standard InChI is InChI=1S/C12H14N4O3S2/c1-7-4-5-9(6-10(7)21(18,19)13-3)14-12(17)11-8(2)15-16-20-11/h4-6,13H,1-3H3,(H,14,17). The zero-order valence-electron chi connectivity index (χ0n) is 11.7. The van der Waals surface area contributed by atoms with Gasteiger partial charge in [-0.05, 0) is 50.1 Å². The third-order valence-corrected chi connectivity index (χ3v) is 5.25. The summed E-state index contributed by atoms with van der Waals surface area (Å²) in [5.41, 5.74) is 1.53. The monoisotopic (exact) mass is 326 g/mol. The Morgan fingerprint density at radius 2 is 2.00 bits per heavy atom. The van der Waals surface area contributed by atoms with E-state index in [9.17, 15) is 13.2 Å². The summed E-state index contributed by atoms with van der Waals surface area (Å²) in [6.45, 7) is 3.37. The molecule has 2 rings (SSSR count). The minimum absolute atomic E-state index is 0.127. The molecule has 2 aromatic rings. The van der Waals surface area contributed by atoms with Crippen molar-refractivity contribution in [2.75, 3.05) is 12.4 Å². The normalized spacial score (nSPS) is 11.4. The van der Waals surface area contributed by atoms with Crippen LogP contribution in [0.4, 0.5) is 5.69 Å². The van der Waals surface area contributed by atoms with Crippen LogP contribution in [0.5, 0.6) is 0 Å². The molecule has 0 bridgehead atoms. The van der Waals surface area contributed by atoms with Gasteiger partial charge in [-0.15, -0.1) is 5.10 Å². The van der Waals surface area contributed by atoms with Gasteiger partial charge in [-0.25, -0.2) is 13.1 Å². The van der Waals surface area contributed by atoms with E-state index in [1.54, 1.807) is 26.0 Å². The second-order valence-corrected chi connectivity index (χ2v) is 6.94. The minimum atomic E-state index is -3.57. The fraction of sp³-hybridized carbons (Fsp3) is 0.250. The number of carbonyl (C=O) groups is 1. The van der Waals surface area contributed by atoms with E-state index in [0.717, 1.165) is 11.5 Å². The third-order valence-electron chi connectivity index (χ3n) is 2.86. The molecule has 0 fully saturated rings. The molecule has 2 N–H and O–H groups in total. The number of rotatable bonds is 4. The second-order valence-electron chi connectivity index (χ2n) is 4.33. The Morgan fingerprint density at radius 1 is 1.29 bits per heavy atom. The van der Waals surface area contributed by atoms with Crippen molar-refractivity contribution in [1.82, 2.24) is 14.3 Å². The van der Waals surface area contributed by atoms with Crippen LogP contribution < -0.4 is 10.0 Å². The highest BCUT2D eigenvalue weighted by Gasteiger charge is 2.17. The van der Waals surface area contributed by atoms with E-state index in [2.05, 4.69) is 19.6 Å². The summed E-state index contributed by atoms with van der Waals surface area (Å²) in [5, 5.41) is 6.41. The van der Waals surface area contributed by atoms with Crippen molar-refractivity contribution in [1.29, 1.82) is 0 Å². The van der Waals surface area contributed by atoms with Gasteiger partial charge in [0.05, 0.1) is 10.6 Å². The van der Waals surface area contributed by atoms with Crippen molar-refractivity contribution < 1.29 is 13.2 Å².